The lowest BCUT2D eigenvalue weighted by molar-refractivity contribution is -0.116. The number of nitrogens with zero attached hydrogens (tertiary/aromatic N) is 3. The fourth-order valence-electron chi connectivity index (χ4n) is 4.27. The van der Waals surface area contributed by atoms with Crippen LogP contribution in [0.5, 0.6) is 0 Å². The Morgan fingerprint density at radius 1 is 1.31 bits per heavy atom. The van der Waals surface area contributed by atoms with Crippen LogP contribution in [0, 0.1) is 5.92 Å². The normalized spacial score (nSPS) is 15.7. The zero-order valence-corrected chi connectivity index (χ0v) is 19.9. The van der Waals surface area contributed by atoms with Gasteiger partial charge in [-0.15, -0.1) is 11.3 Å². The SMILES string of the molecule is CCOC(=O)c1c(NC(=O)Cn2c(CN(C)C)nc3ccccc32)sc2c1CCC(C)C2. The lowest BCUT2D eigenvalue weighted by atomic mass is 9.88. The average molecular weight is 455 g/mol. The number of anilines is 1. The predicted molar refractivity (Wildman–Crippen MR) is 127 cm³/mol. The number of para-hydroxylation sites is 2. The first kappa shape index (κ1) is 22.5. The van der Waals surface area contributed by atoms with Crippen molar-refractivity contribution < 1.29 is 14.3 Å². The molecular formula is C24H30N4O3S. The summed E-state index contributed by atoms with van der Waals surface area (Å²) in [5, 5.41) is 3.62. The summed E-state index contributed by atoms with van der Waals surface area (Å²) < 4.78 is 7.27. The van der Waals surface area contributed by atoms with E-state index in [-0.39, 0.29) is 18.4 Å². The van der Waals surface area contributed by atoms with E-state index in [9.17, 15) is 9.59 Å². The summed E-state index contributed by atoms with van der Waals surface area (Å²) in [6, 6.07) is 7.83. The Labute approximate surface area is 192 Å². The number of fused-ring (bicyclic) bond motifs is 2. The van der Waals surface area contributed by atoms with Crippen LogP contribution >= 0.6 is 11.3 Å². The van der Waals surface area contributed by atoms with Crippen molar-refractivity contribution in [2.75, 3.05) is 26.0 Å². The van der Waals surface area contributed by atoms with Gasteiger partial charge in [-0.05, 0) is 63.9 Å². The monoisotopic (exact) mass is 454 g/mol. The first-order valence-corrected chi connectivity index (χ1v) is 11.9. The van der Waals surface area contributed by atoms with Crippen molar-refractivity contribution in [1.82, 2.24) is 14.5 Å². The van der Waals surface area contributed by atoms with Crippen molar-refractivity contribution in [3.63, 3.8) is 0 Å². The number of hydrogen-bond acceptors (Lipinski definition) is 6. The summed E-state index contributed by atoms with van der Waals surface area (Å²) in [6.07, 6.45) is 2.82. The molecule has 2 aromatic heterocycles. The summed E-state index contributed by atoms with van der Waals surface area (Å²) in [4.78, 5) is 33.8. The van der Waals surface area contributed by atoms with Gasteiger partial charge in [0.05, 0.1) is 29.7 Å². The summed E-state index contributed by atoms with van der Waals surface area (Å²) in [5.41, 5.74) is 3.37. The van der Waals surface area contributed by atoms with Gasteiger partial charge in [0.1, 0.15) is 17.4 Å². The molecule has 2 heterocycles. The summed E-state index contributed by atoms with van der Waals surface area (Å²) in [6.45, 7) is 5.09. The molecule has 0 spiro atoms. The predicted octanol–water partition coefficient (Wildman–Crippen LogP) is 4.10. The maximum absolute atomic E-state index is 13.2. The molecule has 1 aliphatic carbocycles. The number of carbonyl (C=O) groups is 2. The minimum absolute atomic E-state index is 0.130. The number of carbonyl (C=O) groups excluding carboxylic acids is 2. The van der Waals surface area contributed by atoms with Crippen LogP contribution in [0.2, 0.25) is 0 Å². The Balaban J connectivity index is 1.63. The van der Waals surface area contributed by atoms with E-state index in [0.717, 1.165) is 41.7 Å². The average Bonchev–Trinajstić information content (AvgIpc) is 3.25. The summed E-state index contributed by atoms with van der Waals surface area (Å²) in [7, 11) is 3.96. The van der Waals surface area contributed by atoms with Gasteiger partial charge in [-0.1, -0.05) is 19.1 Å². The zero-order valence-electron chi connectivity index (χ0n) is 19.1. The van der Waals surface area contributed by atoms with Crippen molar-refractivity contribution in [3.8, 4) is 0 Å². The standard InChI is InChI=1S/C24H30N4O3S/c1-5-31-24(30)22-16-11-10-15(2)12-19(16)32-23(22)26-21(29)14-28-18-9-7-6-8-17(18)25-20(28)13-27(3)4/h6-9,15H,5,10-14H2,1-4H3,(H,26,29). The van der Waals surface area contributed by atoms with E-state index < -0.39 is 0 Å². The van der Waals surface area contributed by atoms with Gasteiger partial charge in [0.25, 0.3) is 0 Å². The highest BCUT2D eigenvalue weighted by Crippen LogP contribution is 2.40. The van der Waals surface area contributed by atoms with Crippen LogP contribution < -0.4 is 5.32 Å². The Morgan fingerprint density at radius 2 is 2.09 bits per heavy atom. The number of amides is 1. The summed E-state index contributed by atoms with van der Waals surface area (Å²) >= 11 is 1.51. The second kappa shape index (κ2) is 9.42. The maximum atomic E-state index is 13.2. The second-order valence-corrected chi connectivity index (χ2v) is 9.77. The van der Waals surface area contributed by atoms with Crippen molar-refractivity contribution in [1.29, 1.82) is 0 Å². The molecule has 8 heteroatoms. The molecule has 0 saturated carbocycles. The van der Waals surface area contributed by atoms with Gasteiger partial charge in [-0.3, -0.25) is 4.79 Å². The Bertz CT molecular complexity index is 1150. The smallest absolute Gasteiger partial charge is 0.341 e. The minimum atomic E-state index is -0.351. The molecule has 0 fully saturated rings. The molecule has 0 saturated heterocycles. The number of rotatable bonds is 7. The molecule has 170 valence electrons. The molecule has 0 aliphatic heterocycles. The molecule has 1 N–H and O–H groups in total. The fourth-order valence-corrected chi connectivity index (χ4v) is 5.69. The fraction of sp³-hybridized carbons (Fsp3) is 0.458. The van der Waals surface area contributed by atoms with E-state index in [1.807, 2.05) is 47.8 Å². The van der Waals surface area contributed by atoms with E-state index in [0.29, 0.717) is 29.6 Å². The van der Waals surface area contributed by atoms with Gasteiger partial charge in [0, 0.05) is 4.88 Å². The first-order valence-electron chi connectivity index (χ1n) is 11.1. The maximum Gasteiger partial charge on any atom is 0.341 e. The number of esters is 1. The first-order chi connectivity index (χ1) is 15.4. The number of nitrogens with one attached hydrogen (secondary N) is 1. The molecule has 1 atom stereocenters. The van der Waals surface area contributed by atoms with Gasteiger partial charge < -0.3 is 19.5 Å². The molecule has 4 rings (SSSR count). The molecule has 3 aromatic rings. The lowest BCUT2D eigenvalue weighted by Gasteiger charge is -2.18. The van der Waals surface area contributed by atoms with Crippen LogP contribution in [0.3, 0.4) is 0 Å². The molecule has 1 aromatic carbocycles. The van der Waals surface area contributed by atoms with Crippen LogP contribution in [0.15, 0.2) is 24.3 Å². The van der Waals surface area contributed by atoms with E-state index in [1.165, 1.54) is 16.2 Å². The number of imidazole rings is 1. The van der Waals surface area contributed by atoms with Crippen molar-refractivity contribution >= 4 is 39.2 Å². The summed E-state index contributed by atoms with van der Waals surface area (Å²) in [5.74, 6) is 0.878. The van der Waals surface area contributed by atoms with Gasteiger partial charge in [0.15, 0.2) is 0 Å². The van der Waals surface area contributed by atoms with Crippen molar-refractivity contribution in [2.24, 2.45) is 5.92 Å². The molecule has 32 heavy (non-hydrogen) atoms. The van der Waals surface area contributed by atoms with E-state index >= 15 is 0 Å². The van der Waals surface area contributed by atoms with Crippen LogP contribution in [0.25, 0.3) is 11.0 Å². The van der Waals surface area contributed by atoms with Crippen molar-refractivity contribution in [3.05, 3.63) is 46.1 Å². The molecule has 0 radical (unpaired) electrons. The van der Waals surface area contributed by atoms with Crippen LogP contribution in [-0.2, 0) is 35.5 Å². The highest BCUT2D eigenvalue weighted by atomic mass is 32.1. The third-order valence-corrected chi connectivity index (χ3v) is 6.91. The Morgan fingerprint density at radius 3 is 2.84 bits per heavy atom. The Kier molecular flexibility index (Phi) is 6.62. The minimum Gasteiger partial charge on any atom is -0.462 e. The van der Waals surface area contributed by atoms with Gasteiger partial charge in [-0.25, -0.2) is 9.78 Å². The topological polar surface area (TPSA) is 76.5 Å². The second-order valence-electron chi connectivity index (χ2n) is 8.67. The van der Waals surface area contributed by atoms with E-state index in [1.54, 1.807) is 6.92 Å². The number of thiophene rings is 1. The van der Waals surface area contributed by atoms with Crippen molar-refractivity contribution in [2.45, 2.75) is 46.2 Å². The number of hydrogen-bond donors (Lipinski definition) is 1. The molecule has 0 bridgehead atoms. The molecule has 7 nitrogen and oxygen atoms in total. The molecule has 1 amide bonds. The number of benzene rings is 1. The van der Waals surface area contributed by atoms with Gasteiger partial charge >= 0.3 is 5.97 Å². The lowest BCUT2D eigenvalue weighted by Crippen LogP contribution is -2.23. The molecular weight excluding hydrogens is 424 g/mol. The van der Waals surface area contributed by atoms with Crippen LogP contribution in [0.4, 0.5) is 5.00 Å². The molecule has 1 unspecified atom stereocenters. The van der Waals surface area contributed by atoms with E-state index in [2.05, 4.69) is 12.2 Å². The number of ether oxygens (including phenoxy) is 1. The highest BCUT2D eigenvalue weighted by Gasteiger charge is 2.29. The molecule has 1 aliphatic rings. The zero-order chi connectivity index (χ0) is 22.8. The Hall–Kier alpha value is -2.71. The third kappa shape index (κ3) is 4.56. The van der Waals surface area contributed by atoms with Gasteiger partial charge in [-0.2, -0.15) is 0 Å². The van der Waals surface area contributed by atoms with Crippen LogP contribution in [-0.4, -0.2) is 47.0 Å². The van der Waals surface area contributed by atoms with Gasteiger partial charge in [0.2, 0.25) is 5.91 Å². The highest BCUT2D eigenvalue weighted by molar-refractivity contribution is 7.17. The largest absolute Gasteiger partial charge is 0.462 e. The number of aromatic nitrogens is 2. The van der Waals surface area contributed by atoms with Crippen LogP contribution in [0.1, 0.15) is 46.9 Å². The quantitative estimate of drug-likeness (QED) is 0.544. The third-order valence-electron chi connectivity index (χ3n) is 5.74. The van der Waals surface area contributed by atoms with E-state index in [4.69, 9.17) is 9.72 Å².